The first-order chi connectivity index (χ1) is 18.5. The zero-order chi connectivity index (χ0) is 27.8. The Morgan fingerprint density at radius 3 is 2.64 bits per heavy atom. The van der Waals surface area contributed by atoms with E-state index in [-0.39, 0.29) is 42.9 Å². The molecule has 6 aliphatic rings. The van der Waals surface area contributed by atoms with E-state index in [9.17, 15) is 24.9 Å². The van der Waals surface area contributed by atoms with E-state index in [4.69, 9.17) is 18.9 Å². The topological polar surface area (TPSA) is 132 Å². The average molecular weight is 547 g/mol. The molecule has 0 amide bonds. The number of hydrogen-bond donors (Lipinski definition) is 3. The molecule has 0 unspecified atom stereocenters. The molecule has 3 saturated carbocycles. The number of hydrogen-bond acceptors (Lipinski definition) is 9. The van der Waals surface area contributed by atoms with Crippen molar-refractivity contribution in [2.24, 2.45) is 28.6 Å². The van der Waals surface area contributed by atoms with E-state index in [2.05, 4.69) is 6.92 Å². The van der Waals surface area contributed by atoms with Crippen LogP contribution in [-0.2, 0) is 28.5 Å². The van der Waals surface area contributed by atoms with Gasteiger partial charge in [0.05, 0.1) is 34.9 Å². The van der Waals surface area contributed by atoms with E-state index in [1.165, 1.54) is 0 Å². The average Bonchev–Trinajstić information content (AvgIpc) is 3.45. The SMILES string of the molecule is CO[C@@H]1C[C@H](O[C@H]2CC[C@]3(C=O)[C@H]4CC[C@]5(C)[C@@H](C6=CC(=O)OC6)CC[C@]5(O)[C@@H]4C=C[C@]3(O)C2)O[C@H](C)[C@H]1O. The van der Waals surface area contributed by atoms with Gasteiger partial charge in [-0.1, -0.05) is 19.1 Å². The molecule has 0 aromatic heterocycles. The lowest BCUT2D eigenvalue weighted by Crippen LogP contribution is -2.67. The Morgan fingerprint density at radius 1 is 1.15 bits per heavy atom. The fourth-order valence-electron chi connectivity index (χ4n) is 9.39. The lowest BCUT2D eigenvalue weighted by Gasteiger charge is -2.63. The van der Waals surface area contributed by atoms with Gasteiger partial charge in [0.1, 0.15) is 19.0 Å². The van der Waals surface area contributed by atoms with Crippen LogP contribution in [0.15, 0.2) is 23.8 Å². The fraction of sp³-hybridized carbons (Fsp3) is 0.800. The fourth-order valence-corrected chi connectivity index (χ4v) is 9.39. The maximum atomic E-state index is 13.0. The number of fused-ring (bicyclic) bond motifs is 5. The van der Waals surface area contributed by atoms with Gasteiger partial charge in [0.15, 0.2) is 6.29 Å². The van der Waals surface area contributed by atoms with Crippen molar-refractivity contribution in [1.29, 1.82) is 0 Å². The summed E-state index contributed by atoms with van der Waals surface area (Å²) in [5.74, 6) is -0.736. The Morgan fingerprint density at radius 2 is 1.95 bits per heavy atom. The zero-order valence-electron chi connectivity index (χ0n) is 23.1. The van der Waals surface area contributed by atoms with Crippen LogP contribution in [0.3, 0.4) is 0 Å². The quantitative estimate of drug-likeness (QED) is 0.270. The summed E-state index contributed by atoms with van der Waals surface area (Å²) in [4.78, 5) is 24.8. The highest BCUT2D eigenvalue weighted by Crippen LogP contribution is 2.69. The lowest BCUT2D eigenvalue weighted by molar-refractivity contribution is -0.277. The molecule has 0 bridgehead atoms. The molecule has 6 rings (SSSR count). The normalized spacial score (nSPS) is 52.9. The third-order valence-electron chi connectivity index (χ3n) is 11.6. The van der Waals surface area contributed by atoms with Crippen LogP contribution in [0.1, 0.15) is 65.2 Å². The largest absolute Gasteiger partial charge is 0.458 e. The van der Waals surface area contributed by atoms with E-state index in [0.29, 0.717) is 38.5 Å². The van der Waals surface area contributed by atoms with Gasteiger partial charge in [0, 0.05) is 37.4 Å². The molecule has 9 heteroatoms. The molecular weight excluding hydrogens is 504 g/mol. The van der Waals surface area contributed by atoms with Crippen LogP contribution in [0.4, 0.5) is 0 Å². The van der Waals surface area contributed by atoms with Crippen molar-refractivity contribution in [3.05, 3.63) is 23.8 Å². The third-order valence-corrected chi connectivity index (χ3v) is 11.6. The number of methoxy groups -OCH3 is 1. The van der Waals surface area contributed by atoms with Crippen molar-refractivity contribution in [3.8, 4) is 0 Å². The molecule has 2 aliphatic heterocycles. The molecule has 9 nitrogen and oxygen atoms in total. The van der Waals surface area contributed by atoms with Crippen molar-refractivity contribution >= 4 is 12.3 Å². The minimum Gasteiger partial charge on any atom is -0.458 e. The number of cyclic esters (lactones) is 1. The Kier molecular flexibility index (Phi) is 6.68. The summed E-state index contributed by atoms with van der Waals surface area (Å²) < 4.78 is 22.8. The van der Waals surface area contributed by atoms with Gasteiger partial charge in [-0.05, 0) is 62.9 Å². The number of aliphatic hydroxyl groups excluding tert-OH is 1. The van der Waals surface area contributed by atoms with Gasteiger partial charge >= 0.3 is 5.97 Å². The van der Waals surface area contributed by atoms with E-state index in [1.54, 1.807) is 26.2 Å². The van der Waals surface area contributed by atoms with Crippen molar-refractivity contribution in [2.45, 2.75) is 107 Å². The zero-order valence-corrected chi connectivity index (χ0v) is 23.1. The number of rotatable bonds is 5. The monoisotopic (exact) mass is 546 g/mol. The van der Waals surface area contributed by atoms with Crippen LogP contribution in [0.2, 0.25) is 0 Å². The Hall–Kier alpha value is -1.62. The molecule has 0 radical (unpaired) electrons. The van der Waals surface area contributed by atoms with E-state index >= 15 is 0 Å². The molecule has 12 atom stereocenters. The highest BCUT2D eigenvalue weighted by molar-refractivity contribution is 5.85. The van der Waals surface area contributed by atoms with E-state index < -0.39 is 46.6 Å². The Balaban J connectivity index is 1.24. The Bertz CT molecular complexity index is 1070. The number of aliphatic hydroxyl groups is 3. The van der Waals surface area contributed by atoms with Crippen LogP contribution < -0.4 is 0 Å². The predicted octanol–water partition coefficient (Wildman–Crippen LogP) is 2.21. The second-order valence-corrected chi connectivity index (χ2v) is 13.1. The van der Waals surface area contributed by atoms with E-state index in [1.807, 2.05) is 6.08 Å². The Labute approximate surface area is 229 Å². The van der Waals surface area contributed by atoms with Gasteiger partial charge in [-0.25, -0.2) is 4.79 Å². The number of carbonyl (C=O) groups excluding carboxylic acids is 2. The second-order valence-electron chi connectivity index (χ2n) is 13.1. The summed E-state index contributed by atoms with van der Waals surface area (Å²) in [6.07, 6.45) is 8.19. The summed E-state index contributed by atoms with van der Waals surface area (Å²) in [7, 11) is 1.56. The number of esters is 1. The van der Waals surface area contributed by atoms with E-state index in [0.717, 1.165) is 18.3 Å². The van der Waals surface area contributed by atoms with Gasteiger partial charge in [-0.2, -0.15) is 0 Å². The predicted molar refractivity (Wildman–Crippen MR) is 138 cm³/mol. The van der Waals surface area contributed by atoms with Gasteiger partial charge in [-0.3, -0.25) is 0 Å². The van der Waals surface area contributed by atoms with Crippen LogP contribution in [0.5, 0.6) is 0 Å². The first-order valence-corrected chi connectivity index (χ1v) is 14.5. The summed E-state index contributed by atoms with van der Waals surface area (Å²) >= 11 is 0. The molecule has 0 aromatic carbocycles. The molecule has 4 aliphatic carbocycles. The van der Waals surface area contributed by atoms with Crippen molar-refractivity contribution in [1.82, 2.24) is 0 Å². The van der Waals surface area contributed by atoms with Crippen LogP contribution in [-0.4, -0.2) is 83.2 Å². The number of aldehydes is 1. The maximum Gasteiger partial charge on any atom is 0.331 e. The number of ether oxygens (including phenoxy) is 4. The standard InChI is InChI=1S/C30H42O9/c1-17-26(33)23(36-3)13-25(38-17)39-19-4-9-28(16-31)21-5-8-27(2)20(18-12-24(32)37-15-18)7-11-30(27,35)22(21)6-10-29(28,34)14-19/h6,10,12,16-17,19-23,25-26,33-35H,4-5,7-9,11,13-15H2,1-3H3/t17-,19+,20-,21+,22-,23-,25+,26-,27-,28+,29+,30+/m1/s1. The van der Waals surface area contributed by atoms with Crippen LogP contribution in [0.25, 0.3) is 0 Å². The summed E-state index contributed by atoms with van der Waals surface area (Å²) in [5, 5.41) is 34.7. The molecule has 4 fully saturated rings. The molecule has 216 valence electrons. The highest BCUT2D eigenvalue weighted by Gasteiger charge is 2.70. The summed E-state index contributed by atoms with van der Waals surface area (Å²) in [5.41, 5.74) is -2.95. The third kappa shape index (κ3) is 3.87. The molecule has 2 heterocycles. The molecular formula is C30H42O9. The smallest absolute Gasteiger partial charge is 0.331 e. The van der Waals surface area contributed by atoms with Crippen LogP contribution >= 0.6 is 0 Å². The minimum absolute atomic E-state index is 0.0488. The summed E-state index contributed by atoms with van der Waals surface area (Å²) in [6.45, 7) is 4.18. The molecule has 0 spiro atoms. The second kappa shape index (κ2) is 9.46. The van der Waals surface area contributed by atoms with Gasteiger partial charge < -0.3 is 39.1 Å². The van der Waals surface area contributed by atoms with Crippen molar-refractivity contribution < 1.29 is 43.9 Å². The first-order valence-electron chi connectivity index (χ1n) is 14.5. The minimum atomic E-state index is -1.39. The van der Waals surface area contributed by atoms with Crippen molar-refractivity contribution in [2.75, 3.05) is 13.7 Å². The number of carbonyl (C=O) groups is 2. The van der Waals surface area contributed by atoms with Gasteiger partial charge in [-0.15, -0.1) is 0 Å². The molecule has 3 N–H and O–H groups in total. The van der Waals surface area contributed by atoms with Gasteiger partial charge in [0.2, 0.25) is 0 Å². The lowest BCUT2D eigenvalue weighted by atomic mass is 9.43. The molecule has 39 heavy (non-hydrogen) atoms. The molecule has 1 saturated heterocycles. The highest BCUT2D eigenvalue weighted by atomic mass is 16.7. The maximum absolute atomic E-state index is 13.0. The first kappa shape index (κ1) is 27.5. The summed E-state index contributed by atoms with van der Waals surface area (Å²) in [6, 6.07) is 0. The van der Waals surface area contributed by atoms with Gasteiger partial charge in [0.25, 0.3) is 0 Å². The molecule has 0 aromatic rings. The van der Waals surface area contributed by atoms with Crippen molar-refractivity contribution in [3.63, 3.8) is 0 Å². The van der Waals surface area contributed by atoms with Crippen LogP contribution in [0, 0.1) is 28.6 Å².